The number of hydroxylamine groups is 2. The number of nitrogens with one attached hydrogen (secondary N) is 1. The van der Waals surface area contributed by atoms with Crippen molar-refractivity contribution in [2.75, 3.05) is 6.61 Å². The highest BCUT2D eigenvalue weighted by molar-refractivity contribution is 6.02. The maximum Gasteiger partial charge on any atom is 0.356 e. The van der Waals surface area contributed by atoms with Crippen LogP contribution in [0.25, 0.3) is 6.08 Å². The second-order valence-electron chi connectivity index (χ2n) is 6.19. The van der Waals surface area contributed by atoms with E-state index in [0.29, 0.717) is 5.06 Å². The van der Waals surface area contributed by atoms with E-state index >= 15 is 0 Å². The molecule has 2 saturated heterocycles. The Labute approximate surface area is 156 Å². The van der Waals surface area contributed by atoms with Crippen molar-refractivity contribution in [2.24, 2.45) is 0 Å². The van der Waals surface area contributed by atoms with Gasteiger partial charge >= 0.3 is 11.7 Å². The molecule has 3 N–H and O–H groups in total. The second-order valence-corrected chi connectivity index (χ2v) is 6.19. The van der Waals surface area contributed by atoms with Gasteiger partial charge in [0.05, 0.1) is 18.3 Å². The molecule has 0 aliphatic carbocycles. The molecular weight excluding hydrogens is 378 g/mol. The molecule has 1 aromatic rings. The van der Waals surface area contributed by atoms with Crippen LogP contribution >= 0.6 is 0 Å². The monoisotopic (exact) mass is 395 g/mol. The van der Waals surface area contributed by atoms with Gasteiger partial charge in [-0.3, -0.25) is 23.9 Å². The number of nitrogens with zero attached hydrogens (tertiary/aromatic N) is 2. The number of imide groups is 1. The number of amides is 2. The number of hydrogen-bond acceptors (Lipinski definition) is 9. The lowest BCUT2D eigenvalue weighted by Crippen LogP contribution is -2.33. The van der Waals surface area contributed by atoms with Crippen molar-refractivity contribution in [3.05, 3.63) is 38.7 Å². The number of aromatic nitrogens is 2. The molecule has 0 bridgehead atoms. The van der Waals surface area contributed by atoms with Crippen LogP contribution in [0.2, 0.25) is 0 Å². The zero-order valence-corrected chi connectivity index (χ0v) is 14.4. The normalized spacial score (nSPS) is 25.1. The molecule has 3 rings (SSSR count). The molecule has 2 amide bonds. The molecule has 3 atom stereocenters. The number of carbonyl (C=O) groups excluding carboxylic acids is 3. The average molecular weight is 395 g/mol. The summed E-state index contributed by atoms with van der Waals surface area (Å²) in [6, 6.07) is 0. The third-order valence-corrected chi connectivity index (χ3v) is 4.28. The fourth-order valence-corrected chi connectivity index (χ4v) is 2.82. The van der Waals surface area contributed by atoms with Gasteiger partial charge in [-0.15, -0.1) is 5.06 Å². The van der Waals surface area contributed by atoms with Crippen LogP contribution in [-0.4, -0.2) is 61.4 Å². The van der Waals surface area contributed by atoms with Crippen LogP contribution in [0.4, 0.5) is 0 Å². The van der Waals surface area contributed by atoms with Crippen molar-refractivity contribution in [1.29, 1.82) is 0 Å². The minimum Gasteiger partial charge on any atom is -0.394 e. The summed E-state index contributed by atoms with van der Waals surface area (Å²) in [5, 5.41) is 19.3. The van der Waals surface area contributed by atoms with E-state index in [9.17, 15) is 29.1 Å². The number of aromatic amines is 1. The number of aliphatic hydroxyl groups is 2. The molecule has 2 aliphatic rings. The highest BCUT2D eigenvalue weighted by Crippen LogP contribution is 2.27. The Kier molecular flexibility index (Phi) is 5.53. The minimum atomic E-state index is -1.06. The smallest absolute Gasteiger partial charge is 0.356 e. The molecule has 2 fully saturated rings. The van der Waals surface area contributed by atoms with Gasteiger partial charge in [0.1, 0.15) is 12.3 Å². The lowest BCUT2D eigenvalue weighted by atomic mass is 10.2. The van der Waals surface area contributed by atoms with Gasteiger partial charge in [0.2, 0.25) is 0 Å². The van der Waals surface area contributed by atoms with Gasteiger partial charge in [-0.05, 0) is 6.08 Å². The van der Waals surface area contributed by atoms with Crippen molar-refractivity contribution in [3.8, 4) is 0 Å². The highest BCUT2D eigenvalue weighted by atomic mass is 16.7. The number of carbonyl (C=O) groups is 3. The summed E-state index contributed by atoms with van der Waals surface area (Å²) < 4.78 is 6.38. The maximum absolute atomic E-state index is 12.0. The predicted molar refractivity (Wildman–Crippen MR) is 89.2 cm³/mol. The van der Waals surface area contributed by atoms with Gasteiger partial charge in [-0.2, -0.15) is 0 Å². The molecule has 150 valence electrons. The van der Waals surface area contributed by atoms with E-state index in [1.165, 1.54) is 0 Å². The number of ether oxygens (including phenoxy) is 1. The zero-order valence-electron chi connectivity index (χ0n) is 14.4. The van der Waals surface area contributed by atoms with Gasteiger partial charge in [0.25, 0.3) is 17.4 Å². The summed E-state index contributed by atoms with van der Waals surface area (Å²) in [5.74, 6) is -2.35. The molecule has 12 heteroatoms. The molecule has 28 heavy (non-hydrogen) atoms. The van der Waals surface area contributed by atoms with E-state index in [1.54, 1.807) is 0 Å². The van der Waals surface area contributed by atoms with Crippen molar-refractivity contribution < 1.29 is 34.2 Å². The Bertz CT molecular complexity index is 931. The lowest BCUT2D eigenvalue weighted by Gasteiger charge is -2.14. The van der Waals surface area contributed by atoms with E-state index in [1.807, 2.05) is 4.98 Å². The highest BCUT2D eigenvalue weighted by Gasteiger charge is 2.35. The topological polar surface area (TPSA) is 168 Å². The van der Waals surface area contributed by atoms with Gasteiger partial charge in [0, 0.05) is 31.5 Å². The Balaban J connectivity index is 1.77. The molecule has 3 heterocycles. The van der Waals surface area contributed by atoms with E-state index < -0.39 is 54.1 Å². The number of aliphatic hydroxyl groups excluding tert-OH is 2. The fraction of sp³-hybridized carbons (Fsp3) is 0.438. The van der Waals surface area contributed by atoms with Crippen LogP contribution in [-0.2, 0) is 24.0 Å². The van der Waals surface area contributed by atoms with E-state index in [2.05, 4.69) is 4.84 Å². The van der Waals surface area contributed by atoms with Gasteiger partial charge < -0.3 is 19.8 Å². The van der Waals surface area contributed by atoms with Crippen LogP contribution in [0.3, 0.4) is 0 Å². The van der Waals surface area contributed by atoms with Crippen molar-refractivity contribution in [1.82, 2.24) is 14.6 Å². The van der Waals surface area contributed by atoms with Gasteiger partial charge in [-0.25, -0.2) is 9.59 Å². The van der Waals surface area contributed by atoms with Crippen molar-refractivity contribution >= 4 is 23.9 Å². The molecule has 0 saturated carbocycles. The Morgan fingerprint density at radius 1 is 1.29 bits per heavy atom. The summed E-state index contributed by atoms with van der Waals surface area (Å²) in [5.41, 5.74) is -1.70. The largest absolute Gasteiger partial charge is 0.394 e. The molecule has 2 aliphatic heterocycles. The quantitative estimate of drug-likeness (QED) is 0.370. The number of hydrogen-bond donors (Lipinski definition) is 3. The SMILES string of the molecule is O=C(C=Cc1cn([C@@H]2CC(O)[C@H](CO)O2)c(=O)[nH]c1=O)ON1C(=O)CCC1=O. The molecule has 0 spiro atoms. The number of H-pyrrole nitrogens is 1. The Hall–Kier alpha value is -3.09. The van der Waals surface area contributed by atoms with E-state index in [-0.39, 0.29) is 24.8 Å². The lowest BCUT2D eigenvalue weighted by molar-refractivity contribution is -0.193. The molecule has 0 aromatic carbocycles. The Morgan fingerprint density at radius 3 is 2.57 bits per heavy atom. The number of rotatable bonds is 5. The summed E-state index contributed by atoms with van der Waals surface area (Å²) >= 11 is 0. The first kappa shape index (κ1) is 19.7. The molecular formula is C16H17N3O9. The van der Waals surface area contributed by atoms with Crippen LogP contribution in [0, 0.1) is 0 Å². The third kappa shape index (κ3) is 3.93. The minimum absolute atomic E-state index is 0.0154. The van der Waals surface area contributed by atoms with Crippen molar-refractivity contribution in [3.63, 3.8) is 0 Å². The average Bonchev–Trinajstić information content (AvgIpc) is 3.17. The first-order valence-electron chi connectivity index (χ1n) is 8.35. The van der Waals surface area contributed by atoms with Gasteiger partial charge in [0.15, 0.2) is 0 Å². The van der Waals surface area contributed by atoms with Crippen molar-refractivity contribution in [2.45, 2.75) is 37.7 Å². The second kappa shape index (κ2) is 7.88. The fourth-order valence-electron chi connectivity index (χ4n) is 2.82. The predicted octanol–water partition coefficient (Wildman–Crippen LogP) is -2.20. The van der Waals surface area contributed by atoms with Crippen LogP contribution < -0.4 is 11.2 Å². The summed E-state index contributed by atoms with van der Waals surface area (Å²) in [6.45, 7) is -0.442. The molecule has 12 nitrogen and oxygen atoms in total. The van der Waals surface area contributed by atoms with Crippen LogP contribution in [0.15, 0.2) is 21.9 Å². The third-order valence-electron chi connectivity index (χ3n) is 4.28. The van der Waals surface area contributed by atoms with Crippen LogP contribution in [0.5, 0.6) is 0 Å². The van der Waals surface area contributed by atoms with Gasteiger partial charge in [-0.1, -0.05) is 0 Å². The maximum atomic E-state index is 12.0. The Morgan fingerprint density at radius 2 is 1.96 bits per heavy atom. The molecule has 0 radical (unpaired) electrons. The summed E-state index contributed by atoms with van der Waals surface area (Å²) in [4.78, 5) is 65.2. The first-order valence-corrected chi connectivity index (χ1v) is 8.35. The van der Waals surface area contributed by atoms with E-state index in [0.717, 1.165) is 22.9 Å². The summed E-state index contributed by atoms with van der Waals surface area (Å²) in [7, 11) is 0. The summed E-state index contributed by atoms with van der Waals surface area (Å²) in [6.07, 6.45) is 0.110. The van der Waals surface area contributed by atoms with Crippen LogP contribution in [0.1, 0.15) is 31.1 Å². The first-order chi connectivity index (χ1) is 13.3. The molecule has 1 unspecified atom stereocenters. The van der Waals surface area contributed by atoms with E-state index in [4.69, 9.17) is 9.84 Å². The zero-order chi connectivity index (χ0) is 20.4. The standard InChI is InChI=1S/C16H17N3O9/c20-7-10-9(21)5-13(27-10)18-6-8(15(25)17-16(18)26)1-4-14(24)28-19-11(22)2-3-12(19)23/h1,4,6,9-10,13,20-21H,2-3,5,7H2,(H,17,25,26)/t9?,10-,13-/m0/s1. The molecule has 1 aromatic heterocycles.